The van der Waals surface area contributed by atoms with Crippen LogP contribution in [0.1, 0.15) is 6.92 Å². The van der Waals surface area contributed by atoms with E-state index in [1.54, 1.807) is 17.5 Å². The Balaban J connectivity index is 1.76. The molecule has 9 heteroatoms. The van der Waals surface area contributed by atoms with E-state index in [1.807, 2.05) is 11.8 Å². The van der Waals surface area contributed by atoms with E-state index in [2.05, 4.69) is 9.97 Å². The standard InChI is InChI=1S/C13H16N4O3S2/c1-10-9-16(22(19,20)12-3-2-6-21-12)4-5-17(10)13-14-7-11(18)8-15-13/h2-3,6-8,10,18H,4-5,9H2,1H3/t10-/m0/s1. The van der Waals surface area contributed by atoms with Crippen molar-refractivity contribution in [2.75, 3.05) is 24.5 Å². The second kappa shape index (κ2) is 5.82. The van der Waals surface area contributed by atoms with Gasteiger partial charge < -0.3 is 10.0 Å². The van der Waals surface area contributed by atoms with Crippen LogP contribution in [0.3, 0.4) is 0 Å². The molecule has 0 aliphatic carbocycles. The van der Waals surface area contributed by atoms with E-state index in [4.69, 9.17) is 0 Å². The Hall–Kier alpha value is -1.71. The van der Waals surface area contributed by atoms with Crippen molar-refractivity contribution in [1.82, 2.24) is 14.3 Å². The third kappa shape index (κ3) is 2.79. The molecule has 1 fully saturated rings. The van der Waals surface area contributed by atoms with Crippen LogP contribution >= 0.6 is 11.3 Å². The summed E-state index contributed by atoms with van der Waals surface area (Å²) >= 11 is 1.23. The topological polar surface area (TPSA) is 86.6 Å². The van der Waals surface area contributed by atoms with E-state index in [0.29, 0.717) is 29.8 Å². The average Bonchev–Trinajstić information content (AvgIpc) is 3.03. The predicted molar refractivity (Wildman–Crippen MR) is 83.6 cm³/mol. The molecule has 1 atom stereocenters. The van der Waals surface area contributed by atoms with Crippen molar-refractivity contribution in [2.24, 2.45) is 0 Å². The van der Waals surface area contributed by atoms with Crippen LogP contribution in [0.5, 0.6) is 5.75 Å². The molecule has 0 radical (unpaired) electrons. The van der Waals surface area contributed by atoms with Crippen LogP contribution in [-0.4, -0.2) is 53.5 Å². The highest BCUT2D eigenvalue weighted by Gasteiger charge is 2.33. The SMILES string of the molecule is C[C@H]1CN(S(=O)(=O)c2cccs2)CCN1c1ncc(O)cn1. The van der Waals surface area contributed by atoms with Gasteiger partial charge >= 0.3 is 0 Å². The first-order valence-corrected chi connectivity index (χ1v) is 9.12. The third-order valence-corrected chi connectivity index (χ3v) is 6.80. The van der Waals surface area contributed by atoms with Crippen molar-refractivity contribution in [3.05, 3.63) is 29.9 Å². The van der Waals surface area contributed by atoms with Crippen molar-refractivity contribution in [1.29, 1.82) is 0 Å². The molecule has 2 aromatic heterocycles. The maximum atomic E-state index is 12.5. The van der Waals surface area contributed by atoms with Gasteiger partial charge in [-0.1, -0.05) is 6.07 Å². The van der Waals surface area contributed by atoms with Crippen LogP contribution in [0.15, 0.2) is 34.1 Å². The molecule has 0 amide bonds. The maximum absolute atomic E-state index is 12.5. The quantitative estimate of drug-likeness (QED) is 0.902. The summed E-state index contributed by atoms with van der Waals surface area (Å²) in [5.41, 5.74) is 0. The van der Waals surface area contributed by atoms with Crippen LogP contribution < -0.4 is 4.90 Å². The lowest BCUT2D eigenvalue weighted by atomic mass is 10.2. The molecule has 2 aromatic rings. The number of piperazine rings is 1. The number of rotatable bonds is 3. The lowest BCUT2D eigenvalue weighted by molar-refractivity contribution is 0.340. The smallest absolute Gasteiger partial charge is 0.252 e. The Labute approximate surface area is 132 Å². The van der Waals surface area contributed by atoms with Crippen molar-refractivity contribution in [2.45, 2.75) is 17.2 Å². The Kier molecular flexibility index (Phi) is 4.02. The molecule has 0 aromatic carbocycles. The van der Waals surface area contributed by atoms with Crippen LogP contribution in [0.25, 0.3) is 0 Å². The fourth-order valence-corrected chi connectivity index (χ4v) is 5.10. The summed E-state index contributed by atoms with van der Waals surface area (Å²) < 4.78 is 26.9. The van der Waals surface area contributed by atoms with E-state index in [1.165, 1.54) is 28.0 Å². The molecule has 1 saturated heterocycles. The summed E-state index contributed by atoms with van der Waals surface area (Å²) in [6.07, 6.45) is 2.67. The predicted octanol–water partition coefficient (Wildman–Crippen LogP) is 1.14. The first kappa shape index (κ1) is 15.2. The van der Waals surface area contributed by atoms with E-state index in [-0.39, 0.29) is 11.8 Å². The summed E-state index contributed by atoms with van der Waals surface area (Å²) in [6.45, 7) is 3.21. The fourth-order valence-electron chi connectivity index (χ4n) is 2.44. The van der Waals surface area contributed by atoms with Gasteiger partial charge in [-0.2, -0.15) is 4.31 Å². The van der Waals surface area contributed by atoms with Gasteiger partial charge in [0.1, 0.15) is 4.21 Å². The molecular formula is C13H16N4O3S2. The van der Waals surface area contributed by atoms with Gasteiger partial charge in [0.05, 0.1) is 12.4 Å². The lowest BCUT2D eigenvalue weighted by Crippen LogP contribution is -2.54. The molecule has 3 rings (SSSR count). The zero-order valence-corrected chi connectivity index (χ0v) is 13.6. The van der Waals surface area contributed by atoms with Crippen molar-refractivity contribution in [3.63, 3.8) is 0 Å². The molecule has 22 heavy (non-hydrogen) atoms. The zero-order chi connectivity index (χ0) is 15.7. The zero-order valence-electron chi connectivity index (χ0n) is 12.0. The number of hydrogen-bond donors (Lipinski definition) is 1. The average molecular weight is 340 g/mol. The second-order valence-electron chi connectivity index (χ2n) is 5.08. The second-order valence-corrected chi connectivity index (χ2v) is 8.19. The summed E-state index contributed by atoms with van der Waals surface area (Å²) in [6, 6.07) is 3.31. The summed E-state index contributed by atoms with van der Waals surface area (Å²) in [4.78, 5) is 10.1. The summed E-state index contributed by atoms with van der Waals surface area (Å²) in [7, 11) is -3.42. The minimum atomic E-state index is -3.42. The molecule has 1 N–H and O–H groups in total. The number of anilines is 1. The first-order chi connectivity index (χ1) is 10.5. The summed E-state index contributed by atoms with van der Waals surface area (Å²) in [5.74, 6) is 0.508. The molecule has 0 spiro atoms. The van der Waals surface area contributed by atoms with Crippen LogP contribution in [0.4, 0.5) is 5.95 Å². The molecule has 0 unspecified atom stereocenters. The van der Waals surface area contributed by atoms with E-state index < -0.39 is 10.0 Å². The van der Waals surface area contributed by atoms with Gasteiger partial charge in [0.25, 0.3) is 10.0 Å². The molecule has 0 bridgehead atoms. The Bertz CT molecular complexity index is 731. The van der Waals surface area contributed by atoms with E-state index in [9.17, 15) is 13.5 Å². The fraction of sp³-hybridized carbons (Fsp3) is 0.385. The minimum absolute atomic E-state index is 0.00955. The number of sulfonamides is 1. The number of thiophene rings is 1. The number of aromatic nitrogens is 2. The molecular weight excluding hydrogens is 324 g/mol. The lowest BCUT2D eigenvalue weighted by Gasteiger charge is -2.38. The normalized spacial score (nSPS) is 20.2. The van der Waals surface area contributed by atoms with Crippen molar-refractivity contribution in [3.8, 4) is 5.75 Å². The molecule has 1 aliphatic rings. The van der Waals surface area contributed by atoms with Gasteiger partial charge in [-0.05, 0) is 18.4 Å². The molecule has 7 nitrogen and oxygen atoms in total. The largest absolute Gasteiger partial charge is 0.505 e. The van der Waals surface area contributed by atoms with E-state index in [0.717, 1.165) is 0 Å². The molecule has 1 aliphatic heterocycles. The van der Waals surface area contributed by atoms with Gasteiger partial charge in [-0.3, -0.25) is 0 Å². The van der Waals surface area contributed by atoms with Gasteiger partial charge in [0, 0.05) is 25.7 Å². The first-order valence-electron chi connectivity index (χ1n) is 6.80. The number of hydrogen-bond acceptors (Lipinski definition) is 7. The van der Waals surface area contributed by atoms with E-state index >= 15 is 0 Å². The van der Waals surface area contributed by atoms with Gasteiger partial charge in [-0.15, -0.1) is 11.3 Å². The van der Waals surface area contributed by atoms with Gasteiger partial charge in [0.15, 0.2) is 5.75 Å². The van der Waals surface area contributed by atoms with Gasteiger partial charge in [0.2, 0.25) is 5.95 Å². The number of aromatic hydroxyl groups is 1. The Morgan fingerprint density at radius 2 is 2.05 bits per heavy atom. The molecule has 3 heterocycles. The third-order valence-electron chi connectivity index (χ3n) is 3.56. The van der Waals surface area contributed by atoms with Crippen molar-refractivity contribution >= 4 is 27.3 Å². The Morgan fingerprint density at radius 3 is 2.64 bits per heavy atom. The highest BCUT2D eigenvalue weighted by molar-refractivity contribution is 7.91. The van der Waals surface area contributed by atoms with Gasteiger partial charge in [-0.25, -0.2) is 18.4 Å². The van der Waals surface area contributed by atoms with Crippen LogP contribution in [-0.2, 0) is 10.0 Å². The van der Waals surface area contributed by atoms with Crippen molar-refractivity contribution < 1.29 is 13.5 Å². The highest BCUT2D eigenvalue weighted by Crippen LogP contribution is 2.25. The highest BCUT2D eigenvalue weighted by atomic mass is 32.2. The van der Waals surface area contributed by atoms with Crippen LogP contribution in [0.2, 0.25) is 0 Å². The van der Waals surface area contributed by atoms with Crippen LogP contribution in [0, 0.1) is 0 Å². The number of nitrogens with zero attached hydrogens (tertiary/aromatic N) is 4. The Morgan fingerprint density at radius 1 is 1.32 bits per heavy atom. The maximum Gasteiger partial charge on any atom is 0.252 e. The molecule has 118 valence electrons. The monoisotopic (exact) mass is 340 g/mol. The minimum Gasteiger partial charge on any atom is -0.505 e. The molecule has 0 saturated carbocycles. The summed E-state index contributed by atoms with van der Waals surface area (Å²) in [5, 5.41) is 11.0.